The summed E-state index contributed by atoms with van der Waals surface area (Å²) in [5.41, 5.74) is 0.827. The van der Waals surface area contributed by atoms with Crippen LogP contribution >= 0.6 is 0 Å². The molecule has 0 unspecified atom stereocenters. The molecule has 2 rings (SSSR count). The first kappa shape index (κ1) is 24.1. The average molecular weight is 426 g/mol. The first-order valence-electron chi connectivity index (χ1n) is 10.5. The highest BCUT2D eigenvalue weighted by Crippen LogP contribution is 2.18. The molecular weight excluding hydrogens is 390 g/mol. The van der Waals surface area contributed by atoms with Gasteiger partial charge in [-0.3, -0.25) is 4.79 Å². The molecule has 1 aromatic rings. The van der Waals surface area contributed by atoms with Crippen LogP contribution in [0, 0.1) is 5.92 Å². The molecule has 1 aliphatic rings. The van der Waals surface area contributed by atoms with Gasteiger partial charge in [-0.25, -0.2) is 9.48 Å². The van der Waals surface area contributed by atoms with Gasteiger partial charge in [0.2, 0.25) is 5.91 Å². The summed E-state index contributed by atoms with van der Waals surface area (Å²) in [7, 11) is 1.67. The maximum Gasteiger partial charge on any atom is 0.409 e. The largest absolute Gasteiger partial charge is 0.447 e. The highest BCUT2D eigenvalue weighted by Gasteiger charge is 2.29. The van der Waals surface area contributed by atoms with Crippen LogP contribution in [0.4, 0.5) is 4.79 Å². The number of amides is 2. The number of ether oxygens (including phenoxy) is 2. The summed E-state index contributed by atoms with van der Waals surface area (Å²) in [6, 6.07) is -0.297. The number of fused-ring (bicyclic) bond motifs is 1. The molecule has 170 valence electrons. The van der Waals surface area contributed by atoms with E-state index < -0.39 is 6.09 Å². The summed E-state index contributed by atoms with van der Waals surface area (Å²) >= 11 is 0. The van der Waals surface area contributed by atoms with Gasteiger partial charge in [0.25, 0.3) is 0 Å². The molecule has 0 saturated carbocycles. The van der Waals surface area contributed by atoms with Gasteiger partial charge < -0.3 is 24.4 Å². The minimum Gasteiger partial charge on any atom is -0.447 e. The third-order valence-electron chi connectivity index (χ3n) is 5.24. The van der Waals surface area contributed by atoms with Crippen LogP contribution in [0.2, 0.25) is 0 Å². The Bertz CT molecular complexity index is 695. The van der Waals surface area contributed by atoms with Crippen molar-refractivity contribution in [2.24, 2.45) is 5.92 Å². The number of hydrogen-bond acceptors (Lipinski definition) is 7. The maximum atomic E-state index is 12.8. The Morgan fingerprint density at radius 2 is 2.17 bits per heavy atom. The molecule has 1 aliphatic heterocycles. The van der Waals surface area contributed by atoms with E-state index in [4.69, 9.17) is 9.47 Å². The van der Waals surface area contributed by atoms with E-state index in [-0.39, 0.29) is 36.7 Å². The standard InChI is InChI=1S/C20H35N5O5/c1-14(2)30-20(28)23(5)11-18-15(3)10-24(16(4)12-26)19(27)7-6-8-25-17(13-29-18)9-21-22-25/h9,14-16,18,26H,6-8,10-13H2,1-5H3/t15-,16-,18+/m0/s1. The number of aryl methyl sites for hydroxylation is 1. The lowest BCUT2D eigenvalue weighted by Crippen LogP contribution is -2.48. The Hall–Kier alpha value is -2.20. The molecule has 0 spiro atoms. The van der Waals surface area contributed by atoms with Crippen molar-refractivity contribution in [3.05, 3.63) is 11.9 Å². The molecule has 0 radical (unpaired) electrons. The fraction of sp³-hybridized carbons (Fsp3) is 0.800. The number of aromatic nitrogens is 3. The number of carbonyl (C=O) groups excluding carboxylic acids is 2. The number of carbonyl (C=O) groups is 2. The van der Waals surface area contributed by atoms with Gasteiger partial charge >= 0.3 is 6.09 Å². The molecule has 1 aromatic heterocycles. The number of rotatable bonds is 5. The van der Waals surface area contributed by atoms with E-state index >= 15 is 0 Å². The van der Waals surface area contributed by atoms with E-state index in [2.05, 4.69) is 10.3 Å². The fourth-order valence-electron chi connectivity index (χ4n) is 3.38. The third kappa shape index (κ3) is 6.66. The van der Waals surface area contributed by atoms with Crippen molar-refractivity contribution in [2.75, 3.05) is 26.7 Å². The van der Waals surface area contributed by atoms with Gasteiger partial charge in [0.1, 0.15) is 0 Å². The Labute approximate surface area is 178 Å². The number of aliphatic hydroxyl groups is 1. The van der Waals surface area contributed by atoms with Gasteiger partial charge in [0.15, 0.2) is 0 Å². The lowest BCUT2D eigenvalue weighted by molar-refractivity contribution is -0.136. The Morgan fingerprint density at radius 3 is 2.83 bits per heavy atom. The predicted octanol–water partition coefficient (Wildman–Crippen LogP) is 1.28. The van der Waals surface area contributed by atoms with Crippen LogP contribution in [0.1, 0.15) is 46.2 Å². The van der Waals surface area contributed by atoms with Gasteiger partial charge in [-0.05, 0) is 27.2 Å². The minimum absolute atomic E-state index is 0.0167. The first-order valence-corrected chi connectivity index (χ1v) is 10.5. The summed E-state index contributed by atoms with van der Waals surface area (Å²) in [6.07, 6.45) is 1.67. The monoisotopic (exact) mass is 425 g/mol. The number of hydrogen-bond donors (Lipinski definition) is 1. The molecule has 10 heteroatoms. The molecule has 0 aliphatic carbocycles. The van der Waals surface area contributed by atoms with E-state index in [0.717, 1.165) is 5.69 Å². The zero-order chi connectivity index (χ0) is 22.3. The normalized spacial score (nSPS) is 22.1. The van der Waals surface area contributed by atoms with Crippen LogP contribution in [0.25, 0.3) is 0 Å². The lowest BCUT2D eigenvalue weighted by Gasteiger charge is -2.35. The van der Waals surface area contributed by atoms with Crippen molar-refractivity contribution in [1.82, 2.24) is 24.8 Å². The molecular formula is C20H35N5O5. The van der Waals surface area contributed by atoms with Crippen molar-refractivity contribution in [3.8, 4) is 0 Å². The van der Waals surface area contributed by atoms with Gasteiger partial charge in [0, 0.05) is 32.5 Å². The van der Waals surface area contributed by atoms with Crippen LogP contribution in [0.3, 0.4) is 0 Å². The summed E-state index contributed by atoms with van der Waals surface area (Å²) in [4.78, 5) is 28.3. The van der Waals surface area contributed by atoms with Crippen molar-refractivity contribution in [2.45, 2.75) is 71.9 Å². The average Bonchev–Trinajstić information content (AvgIpc) is 3.14. The molecule has 3 atom stereocenters. The van der Waals surface area contributed by atoms with Gasteiger partial charge in [0.05, 0.1) is 49.9 Å². The minimum atomic E-state index is -0.421. The summed E-state index contributed by atoms with van der Waals surface area (Å²) < 4.78 is 13.2. The van der Waals surface area contributed by atoms with E-state index in [9.17, 15) is 14.7 Å². The van der Waals surface area contributed by atoms with Crippen molar-refractivity contribution < 1.29 is 24.2 Å². The van der Waals surface area contributed by atoms with Crippen LogP contribution in [-0.2, 0) is 27.4 Å². The van der Waals surface area contributed by atoms with Crippen LogP contribution in [-0.4, -0.2) is 86.9 Å². The summed E-state index contributed by atoms with van der Waals surface area (Å²) in [5.74, 6) is -0.0991. The molecule has 30 heavy (non-hydrogen) atoms. The van der Waals surface area contributed by atoms with E-state index in [1.165, 1.54) is 4.90 Å². The van der Waals surface area contributed by atoms with Crippen LogP contribution in [0.5, 0.6) is 0 Å². The summed E-state index contributed by atoms with van der Waals surface area (Å²) in [5, 5.41) is 17.7. The van der Waals surface area contributed by atoms with Crippen LogP contribution in [0.15, 0.2) is 6.20 Å². The summed E-state index contributed by atoms with van der Waals surface area (Å²) in [6.45, 7) is 8.90. The SMILES string of the molecule is CC(C)OC(=O)N(C)C[C@H]1OCc2cnnn2CCCC(=O)N([C@@H](C)CO)C[C@@H]1C. The van der Waals surface area contributed by atoms with Crippen LogP contribution < -0.4 is 0 Å². The molecule has 0 aromatic carbocycles. The van der Waals surface area contributed by atoms with Gasteiger partial charge in [-0.2, -0.15) is 0 Å². The smallest absolute Gasteiger partial charge is 0.409 e. The van der Waals surface area contributed by atoms with Crippen molar-refractivity contribution in [1.29, 1.82) is 0 Å². The second-order valence-electron chi connectivity index (χ2n) is 8.27. The zero-order valence-electron chi connectivity index (χ0n) is 18.7. The molecule has 10 nitrogen and oxygen atoms in total. The number of aliphatic hydroxyl groups excluding tert-OH is 1. The number of nitrogens with zero attached hydrogens (tertiary/aromatic N) is 5. The quantitative estimate of drug-likeness (QED) is 0.757. The van der Waals surface area contributed by atoms with E-state index in [1.807, 2.05) is 13.8 Å². The van der Waals surface area contributed by atoms with E-state index in [1.54, 1.807) is 36.7 Å². The van der Waals surface area contributed by atoms with Crippen molar-refractivity contribution >= 4 is 12.0 Å². The first-order chi connectivity index (χ1) is 14.2. The molecule has 2 amide bonds. The Morgan fingerprint density at radius 1 is 1.43 bits per heavy atom. The van der Waals surface area contributed by atoms with Gasteiger partial charge in [-0.15, -0.1) is 5.10 Å². The third-order valence-corrected chi connectivity index (χ3v) is 5.24. The lowest BCUT2D eigenvalue weighted by atomic mass is 10.0. The number of likely N-dealkylation sites (N-methyl/N-ethyl adjacent to an activating group) is 1. The topological polar surface area (TPSA) is 110 Å². The predicted molar refractivity (Wildman–Crippen MR) is 110 cm³/mol. The molecule has 1 N–H and O–H groups in total. The van der Waals surface area contributed by atoms with E-state index in [0.29, 0.717) is 39.1 Å². The van der Waals surface area contributed by atoms with Crippen molar-refractivity contribution in [3.63, 3.8) is 0 Å². The second-order valence-corrected chi connectivity index (χ2v) is 8.27. The zero-order valence-corrected chi connectivity index (χ0v) is 18.7. The Kier molecular flexibility index (Phi) is 9.04. The molecule has 2 heterocycles. The highest BCUT2D eigenvalue weighted by atomic mass is 16.6. The highest BCUT2D eigenvalue weighted by molar-refractivity contribution is 5.76. The second kappa shape index (κ2) is 11.3. The maximum absolute atomic E-state index is 12.8. The van der Waals surface area contributed by atoms with Gasteiger partial charge in [-0.1, -0.05) is 12.1 Å². The Balaban J connectivity index is 2.22. The molecule has 0 saturated heterocycles. The fourth-order valence-corrected chi connectivity index (χ4v) is 3.38. The molecule has 0 fully saturated rings. The molecule has 0 bridgehead atoms.